The van der Waals surface area contributed by atoms with E-state index in [0.29, 0.717) is 5.56 Å². The molecule has 1 aromatic rings. The number of furan rings is 1. The van der Waals surface area contributed by atoms with E-state index in [-0.39, 0.29) is 6.42 Å². The summed E-state index contributed by atoms with van der Waals surface area (Å²) >= 11 is 0. The van der Waals surface area contributed by atoms with Crippen LogP contribution in [0.15, 0.2) is 23.0 Å². The summed E-state index contributed by atoms with van der Waals surface area (Å²) in [5, 5.41) is 9.21. The van der Waals surface area contributed by atoms with Crippen LogP contribution in [-0.2, 0) is 16.0 Å². The first-order valence-corrected chi connectivity index (χ1v) is 5.90. The average Bonchev–Trinajstić information content (AvgIpc) is 2.74. The molecule has 1 amide bonds. The van der Waals surface area contributed by atoms with Crippen LogP contribution in [-0.4, -0.2) is 40.8 Å². The molecule has 0 spiro atoms. The van der Waals surface area contributed by atoms with Crippen LogP contribution in [0.4, 0.5) is 4.79 Å². The molecule has 0 aliphatic carbocycles. The van der Waals surface area contributed by atoms with Gasteiger partial charge in [0.15, 0.2) is 0 Å². The number of nitrogens with zero attached hydrogens (tertiary/aromatic N) is 1. The van der Waals surface area contributed by atoms with Crippen LogP contribution in [0, 0.1) is 0 Å². The molecule has 19 heavy (non-hydrogen) atoms. The molecule has 1 aromatic heterocycles. The number of amides is 1. The number of hydrogen-bond donors (Lipinski definition) is 1. The summed E-state index contributed by atoms with van der Waals surface area (Å²) in [5.41, 5.74) is 0.0483. The van der Waals surface area contributed by atoms with E-state index in [9.17, 15) is 14.7 Å². The van der Waals surface area contributed by atoms with Gasteiger partial charge in [-0.25, -0.2) is 9.59 Å². The Morgan fingerprint density at radius 2 is 2.11 bits per heavy atom. The van der Waals surface area contributed by atoms with Gasteiger partial charge in [-0.1, -0.05) is 0 Å². The minimum Gasteiger partial charge on any atom is -0.480 e. The van der Waals surface area contributed by atoms with Crippen LogP contribution < -0.4 is 0 Å². The van der Waals surface area contributed by atoms with Crippen LogP contribution in [0.2, 0.25) is 0 Å². The highest BCUT2D eigenvalue weighted by molar-refractivity contribution is 5.80. The maximum Gasteiger partial charge on any atom is 0.410 e. The highest BCUT2D eigenvalue weighted by atomic mass is 16.6. The summed E-state index contributed by atoms with van der Waals surface area (Å²) in [5.74, 6) is -1.09. The fourth-order valence-electron chi connectivity index (χ4n) is 1.48. The molecule has 1 heterocycles. The first-order chi connectivity index (χ1) is 8.70. The van der Waals surface area contributed by atoms with E-state index in [0.717, 1.165) is 4.90 Å². The SMILES string of the molecule is CN(C(=O)OC(C)(C)C)[C@H](Cc1ccoc1)C(=O)O. The van der Waals surface area contributed by atoms with Gasteiger partial charge < -0.3 is 14.3 Å². The van der Waals surface area contributed by atoms with Crippen molar-refractivity contribution in [3.8, 4) is 0 Å². The third kappa shape index (κ3) is 4.65. The number of carboxylic acid groups (broad SMARTS) is 1. The van der Waals surface area contributed by atoms with Gasteiger partial charge in [-0.3, -0.25) is 4.90 Å². The van der Waals surface area contributed by atoms with E-state index in [2.05, 4.69) is 0 Å². The molecule has 0 aliphatic heterocycles. The Labute approximate surface area is 112 Å². The molecule has 0 bridgehead atoms. The lowest BCUT2D eigenvalue weighted by molar-refractivity contribution is -0.142. The number of carbonyl (C=O) groups excluding carboxylic acids is 1. The third-order valence-corrected chi connectivity index (χ3v) is 2.44. The molecular formula is C13H19NO5. The molecule has 1 N–H and O–H groups in total. The highest BCUT2D eigenvalue weighted by Crippen LogP contribution is 2.14. The van der Waals surface area contributed by atoms with Gasteiger partial charge >= 0.3 is 12.1 Å². The first kappa shape index (κ1) is 15.1. The second-order valence-corrected chi connectivity index (χ2v) is 5.28. The second-order valence-electron chi connectivity index (χ2n) is 5.28. The standard InChI is InChI=1S/C13H19NO5/c1-13(2,3)19-12(17)14(4)10(11(15)16)7-9-5-6-18-8-9/h5-6,8,10H,7H2,1-4H3,(H,15,16)/t10-/m1/s1. The Hall–Kier alpha value is -1.98. The van der Waals surface area contributed by atoms with Crippen molar-refractivity contribution in [3.05, 3.63) is 24.2 Å². The first-order valence-electron chi connectivity index (χ1n) is 5.90. The van der Waals surface area contributed by atoms with Gasteiger partial charge in [0.1, 0.15) is 11.6 Å². The van der Waals surface area contributed by atoms with Crippen molar-refractivity contribution in [2.75, 3.05) is 7.05 Å². The number of carbonyl (C=O) groups is 2. The number of likely N-dealkylation sites (N-methyl/N-ethyl adjacent to an activating group) is 1. The Morgan fingerprint density at radius 3 is 2.53 bits per heavy atom. The van der Waals surface area contributed by atoms with Crippen molar-refractivity contribution in [3.63, 3.8) is 0 Å². The van der Waals surface area contributed by atoms with Crippen molar-refractivity contribution >= 4 is 12.1 Å². The van der Waals surface area contributed by atoms with Gasteiger partial charge in [-0.15, -0.1) is 0 Å². The summed E-state index contributed by atoms with van der Waals surface area (Å²) in [4.78, 5) is 24.2. The van der Waals surface area contributed by atoms with Crippen molar-refractivity contribution in [2.24, 2.45) is 0 Å². The maximum atomic E-state index is 11.8. The molecule has 0 fully saturated rings. The van der Waals surface area contributed by atoms with Gasteiger partial charge in [0, 0.05) is 13.5 Å². The predicted molar refractivity (Wildman–Crippen MR) is 67.8 cm³/mol. The van der Waals surface area contributed by atoms with Crippen LogP contribution in [0.3, 0.4) is 0 Å². The highest BCUT2D eigenvalue weighted by Gasteiger charge is 2.30. The summed E-state index contributed by atoms with van der Waals surface area (Å²) in [6.07, 6.45) is 2.42. The monoisotopic (exact) mass is 269 g/mol. The van der Waals surface area contributed by atoms with E-state index in [1.807, 2.05) is 0 Å². The molecule has 106 valence electrons. The van der Waals surface area contributed by atoms with Gasteiger partial charge in [0.25, 0.3) is 0 Å². The molecule has 0 saturated heterocycles. The molecule has 0 aromatic carbocycles. The van der Waals surface area contributed by atoms with Crippen molar-refractivity contribution in [1.82, 2.24) is 4.90 Å². The Morgan fingerprint density at radius 1 is 1.47 bits per heavy atom. The normalized spacial score (nSPS) is 12.8. The zero-order valence-corrected chi connectivity index (χ0v) is 11.5. The molecular weight excluding hydrogens is 250 g/mol. The van der Waals surface area contributed by atoms with E-state index < -0.39 is 23.7 Å². The third-order valence-electron chi connectivity index (χ3n) is 2.44. The van der Waals surface area contributed by atoms with Crippen molar-refractivity contribution in [2.45, 2.75) is 38.8 Å². The number of carboxylic acids is 1. The van der Waals surface area contributed by atoms with Gasteiger partial charge in [0.2, 0.25) is 0 Å². The lowest BCUT2D eigenvalue weighted by Gasteiger charge is -2.28. The van der Waals surface area contributed by atoms with Crippen molar-refractivity contribution in [1.29, 1.82) is 0 Å². The summed E-state index contributed by atoms with van der Waals surface area (Å²) in [7, 11) is 1.41. The predicted octanol–water partition coefficient (Wildman–Crippen LogP) is 2.14. The number of ether oxygens (including phenoxy) is 1. The minimum absolute atomic E-state index is 0.168. The van der Waals surface area contributed by atoms with Crippen LogP contribution in [0.5, 0.6) is 0 Å². The van der Waals surface area contributed by atoms with E-state index in [1.54, 1.807) is 26.8 Å². The molecule has 0 aliphatic rings. The molecule has 6 nitrogen and oxygen atoms in total. The summed E-state index contributed by atoms with van der Waals surface area (Å²) in [6.45, 7) is 5.18. The summed E-state index contributed by atoms with van der Waals surface area (Å²) in [6, 6.07) is 0.672. The Balaban J connectivity index is 2.76. The lowest BCUT2D eigenvalue weighted by Crippen LogP contribution is -2.45. The molecule has 0 saturated carbocycles. The van der Waals surface area contributed by atoms with Crippen LogP contribution in [0.1, 0.15) is 26.3 Å². The van der Waals surface area contributed by atoms with Gasteiger partial charge in [-0.05, 0) is 32.4 Å². The fraction of sp³-hybridized carbons (Fsp3) is 0.538. The van der Waals surface area contributed by atoms with Crippen molar-refractivity contribution < 1.29 is 23.8 Å². The fourth-order valence-corrected chi connectivity index (χ4v) is 1.48. The topological polar surface area (TPSA) is 80.0 Å². The Bertz CT molecular complexity index is 432. The average molecular weight is 269 g/mol. The van der Waals surface area contributed by atoms with Crippen LogP contribution in [0.25, 0.3) is 0 Å². The van der Waals surface area contributed by atoms with E-state index in [4.69, 9.17) is 9.15 Å². The quantitative estimate of drug-likeness (QED) is 0.905. The molecule has 0 unspecified atom stereocenters. The number of rotatable bonds is 4. The summed E-state index contributed by atoms with van der Waals surface area (Å²) < 4.78 is 10.0. The minimum atomic E-state index is -1.09. The lowest BCUT2D eigenvalue weighted by atomic mass is 10.1. The van der Waals surface area contributed by atoms with E-state index >= 15 is 0 Å². The molecule has 1 atom stereocenters. The zero-order valence-electron chi connectivity index (χ0n) is 11.5. The number of aliphatic carboxylic acids is 1. The molecule has 0 radical (unpaired) electrons. The van der Waals surface area contributed by atoms with E-state index in [1.165, 1.54) is 19.6 Å². The zero-order chi connectivity index (χ0) is 14.6. The van der Waals surface area contributed by atoms with Gasteiger partial charge in [-0.2, -0.15) is 0 Å². The molecule has 6 heteroatoms. The second kappa shape index (κ2) is 5.77. The number of hydrogen-bond acceptors (Lipinski definition) is 4. The molecule has 1 rings (SSSR count). The largest absolute Gasteiger partial charge is 0.480 e. The van der Waals surface area contributed by atoms with Gasteiger partial charge in [0.05, 0.1) is 12.5 Å². The Kier molecular flexibility index (Phi) is 4.58. The van der Waals surface area contributed by atoms with Crippen LogP contribution >= 0.6 is 0 Å². The maximum absolute atomic E-state index is 11.8. The smallest absolute Gasteiger partial charge is 0.410 e.